The molecule has 0 spiro atoms. The number of hydrogen-bond donors (Lipinski definition) is 1. The number of amides is 1. The van der Waals surface area contributed by atoms with E-state index in [1.807, 2.05) is 35.7 Å². The molecule has 1 fully saturated rings. The first-order valence-electron chi connectivity index (χ1n) is 8.03. The lowest BCUT2D eigenvalue weighted by Crippen LogP contribution is -2.23. The van der Waals surface area contributed by atoms with Crippen LogP contribution in [0.2, 0.25) is 0 Å². The predicted molar refractivity (Wildman–Crippen MR) is 97.6 cm³/mol. The summed E-state index contributed by atoms with van der Waals surface area (Å²) < 4.78 is 0. The lowest BCUT2D eigenvalue weighted by Gasteiger charge is -2.17. The van der Waals surface area contributed by atoms with Gasteiger partial charge in [-0.25, -0.2) is 0 Å². The van der Waals surface area contributed by atoms with Gasteiger partial charge in [0, 0.05) is 23.7 Å². The molecule has 0 saturated carbocycles. The molecule has 24 heavy (non-hydrogen) atoms. The molecule has 1 saturated heterocycles. The number of anilines is 1. The van der Waals surface area contributed by atoms with Crippen LogP contribution in [-0.2, 0) is 11.3 Å². The van der Waals surface area contributed by atoms with Crippen LogP contribution in [-0.4, -0.2) is 19.0 Å². The van der Waals surface area contributed by atoms with Gasteiger partial charge in [0.2, 0.25) is 0 Å². The van der Waals surface area contributed by atoms with Crippen LogP contribution in [0.25, 0.3) is 6.08 Å². The Labute approximate surface area is 146 Å². The fourth-order valence-corrected chi connectivity index (χ4v) is 3.39. The molecule has 0 bridgehead atoms. The Bertz CT molecular complexity index is 751. The Kier molecular flexibility index (Phi) is 5.29. The summed E-state index contributed by atoms with van der Waals surface area (Å²) in [6, 6.07) is 13.9. The zero-order chi connectivity index (χ0) is 16.8. The Morgan fingerprint density at radius 1 is 1.25 bits per heavy atom. The van der Waals surface area contributed by atoms with Gasteiger partial charge >= 0.3 is 0 Å². The molecule has 1 N–H and O–H groups in total. The smallest absolute Gasteiger partial charge is 0.262 e. The summed E-state index contributed by atoms with van der Waals surface area (Å²) in [4.78, 5) is 15.6. The first-order valence-corrected chi connectivity index (χ1v) is 8.91. The van der Waals surface area contributed by atoms with E-state index in [1.54, 1.807) is 17.4 Å². The third-order valence-corrected chi connectivity index (χ3v) is 4.92. The first-order chi connectivity index (χ1) is 11.8. The van der Waals surface area contributed by atoms with Crippen molar-refractivity contribution >= 4 is 29.0 Å². The molecule has 0 aliphatic carbocycles. The Balaban J connectivity index is 1.65. The quantitative estimate of drug-likeness (QED) is 0.670. The zero-order valence-corrected chi connectivity index (χ0v) is 14.2. The molecule has 0 radical (unpaired) electrons. The highest BCUT2D eigenvalue weighted by atomic mass is 32.1. The summed E-state index contributed by atoms with van der Waals surface area (Å²) in [5, 5.41) is 14.0. The van der Waals surface area contributed by atoms with Crippen molar-refractivity contribution in [2.45, 2.75) is 19.4 Å². The lowest BCUT2D eigenvalue weighted by atomic mass is 10.1. The highest BCUT2D eigenvalue weighted by Crippen LogP contribution is 2.21. The third kappa shape index (κ3) is 4.03. The molecule has 2 heterocycles. The van der Waals surface area contributed by atoms with Gasteiger partial charge in [-0.2, -0.15) is 5.26 Å². The maximum atomic E-state index is 12.1. The van der Waals surface area contributed by atoms with Gasteiger partial charge in [0.25, 0.3) is 5.91 Å². The lowest BCUT2D eigenvalue weighted by molar-refractivity contribution is -0.117. The number of nitrogens with one attached hydrogen (secondary N) is 1. The molecule has 1 aliphatic heterocycles. The predicted octanol–water partition coefficient (Wildman–Crippen LogP) is 3.57. The minimum atomic E-state index is -0.338. The highest BCUT2D eigenvalue weighted by Gasteiger charge is 2.12. The fraction of sp³-hybridized carbons (Fsp3) is 0.263. The van der Waals surface area contributed by atoms with Crippen LogP contribution in [0, 0.1) is 11.3 Å². The van der Waals surface area contributed by atoms with Gasteiger partial charge in [-0.1, -0.05) is 18.2 Å². The SMILES string of the molecule is N#C/C(=C\c1ccc(N2CCCC2)cc1)C(=O)NCc1cccs1. The van der Waals surface area contributed by atoms with Crippen molar-refractivity contribution in [3.63, 3.8) is 0 Å². The van der Waals surface area contributed by atoms with Crippen molar-refractivity contribution in [1.82, 2.24) is 5.32 Å². The summed E-state index contributed by atoms with van der Waals surface area (Å²) in [7, 11) is 0. The molecule has 3 rings (SSSR count). The van der Waals surface area contributed by atoms with Crippen LogP contribution < -0.4 is 10.2 Å². The standard InChI is InChI=1S/C19H19N3OS/c20-13-16(19(23)21-14-18-4-3-11-24-18)12-15-5-7-17(8-6-15)22-9-1-2-10-22/h3-8,11-12H,1-2,9-10,14H2,(H,21,23)/b16-12+. The number of thiophene rings is 1. The average molecular weight is 337 g/mol. The van der Waals surface area contributed by atoms with Crippen LogP contribution in [0.1, 0.15) is 23.3 Å². The van der Waals surface area contributed by atoms with E-state index in [1.165, 1.54) is 18.5 Å². The number of benzene rings is 1. The maximum Gasteiger partial charge on any atom is 0.262 e. The Morgan fingerprint density at radius 3 is 2.62 bits per heavy atom. The number of nitrogens with zero attached hydrogens (tertiary/aromatic N) is 2. The number of carbonyl (C=O) groups is 1. The maximum absolute atomic E-state index is 12.1. The van der Waals surface area contributed by atoms with Crippen LogP contribution in [0.5, 0.6) is 0 Å². The van der Waals surface area contributed by atoms with Gasteiger partial charge in [-0.05, 0) is 48.1 Å². The second kappa shape index (κ2) is 7.80. The second-order valence-corrected chi connectivity index (χ2v) is 6.75. The number of carbonyl (C=O) groups excluding carboxylic acids is 1. The zero-order valence-electron chi connectivity index (χ0n) is 13.4. The number of hydrogen-bond acceptors (Lipinski definition) is 4. The van der Waals surface area contributed by atoms with Crippen molar-refractivity contribution in [3.8, 4) is 6.07 Å². The van der Waals surface area contributed by atoms with E-state index >= 15 is 0 Å². The van der Waals surface area contributed by atoms with Crippen molar-refractivity contribution < 1.29 is 4.79 Å². The topological polar surface area (TPSA) is 56.1 Å². The van der Waals surface area contributed by atoms with Crippen LogP contribution in [0.3, 0.4) is 0 Å². The normalized spacial score (nSPS) is 14.5. The van der Waals surface area contributed by atoms with Crippen molar-refractivity contribution in [2.75, 3.05) is 18.0 Å². The Morgan fingerprint density at radius 2 is 2.00 bits per heavy atom. The molecule has 1 aliphatic rings. The van der Waals surface area contributed by atoms with Gasteiger partial charge in [0.15, 0.2) is 0 Å². The Hall–Kier alpha value is -2.58. The minimum absolute atomic E-state index is 0.125. The van der Waals surface area contributed by atoms with Gasteiger partial charge in [0.1, 0.15) is 11.6 Å². The average Bonchev–Trinajstić information content (AvgIpc) is 3.31. The molecule has 0 atom stereocenters. The first kappa shape index (κ1) is 16.3. The van der Waals surface area contributed by atoms with E-state index in [0.717, 1.165) is 23.5 Å². The largest absolute Gasteiger partial charge is 0.372 e. The highest BCUT2D eigenvalue weighted by molar-refractivity contribution is 7.09. The van der Waals surface area contributed by atoms with E-state index in [4.69, 9.17) is 0 Å². The summed E-state index contributed by atoms with van der Waals surface area (Å²) in [6.45, 7) is 2.65. The van der Waals surface area contributed by atoms with Crippen LogP contribution >= 0.6 is 11.3 Å². The van der Waals surface area contributed by atoms with Crippen molar-refractivity contribution in [1.29, 1.82) is 5.26 Å². The van der Waals surface area contributed by atoms with E-state index in [0.29, 0.717) is 6.54 Å². The minimum Gasteiger partial charge on any atom is -0.372 e. The fourth-order valence-electron chi connectivity index (χ4n) is 2.75. The molecule has 1 aromatic carbocycles. The molecular weight excluding hydrogens is 318 g/mol. The van der Waals surface area contributed by atoms with Crippen LogP contribution in [0.4, 0.5) is 5.69 Å². The van der Waals surface area contributed by atoms with Gasteiger partial charge in [-0.3, -0.25) is 4.79 Å². The molecule has 4 nitrogen and oxygen atoms in total. The van der Waals surface area contributed by atoms with Gasteiger partial charge < -0.3 is 10.2 Å². The molecule has 1 aromatic heterocycles. The second-order valence-electron chi connectivity index (χ2n) is 5.72. The molecule has 122 valence electrons. The summed E-state index contributed by atoms with van der Waals surface area (Å²) in [6.07, 6.45) is 4.12. The summed E-state index contributed by atoms with van der Waals surface area (Å²) in [5.74, 6) is -0.338. The molecule has 2 aromatic rings. The summed E-state index contributed by atoms with van der Waals surface area (Å²) in [5.41, 5.74) is 2.19. The van der Waals surface area contributed by atoms with Crippen LogP contribution in [0.15, 0.2) is 47.4 Å². The molecule has 0 unspecified atom stereocenters. The molecule has 5 heteroatoms. The number of rotatable bonds is 5. The van der Waals surface area contributed by atoms with Crippen molar-refractivity contribution in [3.05, 3.63) is 57.8 Å². The monoisotopic (exact) mass is 337 g/mol. The van der Waals surface area contributed by atoms with E-state index in [9.17, 15) is 10.1 Å². The van der Waals surface area contributed by atoms with Gasteiger partial charge in [-0.15, -0.1) is 11.3 Å². The number of nitriles is 1. The van der Waals surface area contributed by atoms with E-state index in [2.05, 4.69) is 22.3 Å². The van der Waals surface area contributed by atoms with Crippen molar-refractivity contribution in [2.24, 2.45) is 0 Å². The molecular formula is C19H19N3OS. The third-order valence-electron chi connectivity index (χ3n) is 4.04. The molecule has 1 amide bonds. The van der Waals surface area contributed by atoms with E-state index in [-0.39, 0.29) is 11.5 Å². The summed E-state index contributed by atoms with van der Waals surface area (Å²) >= 11 is 1.58. The van der Waals surface area contributed by atoms with Gasteiger partial charge in [0.05, 0.1) is 6.54 Å². The van der Waals surface area contributed by atoms with E-state index < -0.39 is 0 Å².